The summed E-state index contributed by atoms with van der Waals surface area (Å²) in [5.41, 5.74) is 4.85. The van der Waals surface area contributed by atoms with Gasteiger partial charge >= 0.3 is 0 Å². The number of H-pyrrole nitrogens is 2. The fraction of sp³-hybridized carbons (Fsp3) is 0.200. The molecule has 0 saturated carbocycles. The number of aromatic amines is 2. The van der Waals surface area contributed by atoms with Crippen LogP contribution in [0.2, 0.25) is 0 Å². The van der Waals surface area contributed by atoms with Crippen LogP contribution in [0.25, 0.3) is 16.9 Å². The maximum Gasteiger partial charge on any atom is 0.281 e. The Morgan fingerprint density at radius 3 is 2.55 bits per heavy atom. The Morgan fingerprint density at radius 2 is 1.90 bits per heavy atom. The highest BCUT2D eigenvalue weighted by Gasteiger charge is 2.17. The van der Waals surface area contributed by atoms with E-state index in [9.17, 15) is 4.79 Å². The summed E-state index contributed by atoms with van der Waals surface area (Å²) in [4.78, 5) is 12.6. The van der Waals surface area contributed by atoms with E-state index in [0.717, 1.165) is 22.6 Å². The normalized spacial score (nSPS) is 10.9. The van der Waals surface area contributed by atoms with Gasteiger partial charge in [-0.1, -0.05) is 18.2 Å². The Labute approximate surface area is 116 Å². The average Bonchev–Trinajstić information content (AvgIpc) is 2.94. The van der Waals surface area contributed by atoms with Crippen molar-refractivity contribution >= 4 is 0 Å². The van der Waals surface area contributed by atoms with Crippen molar-refractivity contribution < 1.29 is 0 Å². The van der Waals surface area contributed by atoms with E-state index >= 15 is 0 Å². The highest BCUT2D eigenvalue weighted by atomic mass is 16.1. The number of nitrogens with zero attached hydrogens (tertiary/aromatic N) is 2. The molecule has 3 aromatic rings. The molecule has 3 rings (SSSR count). The maximum atomic E-state index is 12.6. The van der Waals surface area contributed by atoms with Crippen LogP contribution in [0.15, 0.2) is 35.1 Å². The summed E-state index contributed by atoms with van der Waals surface area (Å²) < 4.78 is 1.57. The van der Waals surface area contributed by atoms with Crippen LogP contribution in [0.1, 0.15) is 17.0 Å². The molecule has 5 heteroatoms. The van der Waals surface area contributed by atoms with Crippen LogP contribution in [0, 0.1) is 20.8 Å². The highest BCUT2D eigenvalue weighted by Crippen LogP contribution is 2.19. The summed E-state index contributed by atoms with van der Waals surface area (Å²) in [6.45, 7) is 5.78. The predicted octanol–water partition coefficient (Wildman–Crippen LogP) is 2.48. The first-order valence-electron chi connectivity index (χ1n) is 6.48. The van der Waals surface area contributed by atoms with E-state index < -0.39 is 0 Å². The van der Waals surface area contributed by atoms with Crippen molar-refractivity contribution in [2.45, 2.75) is 20.8 Å². The summed E-state index contributed by atoms with van der Waals surface area (Å²) in [7, 11) is 0. The van der Waals surface area contributed by atoms with E-state index in [-0.39, 0.29) is 5.56 Å². The second kappa shape index (κ2) is 4.52. The van der Waals surface area contributed by atoms with Crippen LogP contribution < -0.4 is 5.56 Å². The van der Waals surface area contributed by atoms with Crippen LogP contribution in [0.4, 0.5) is 0 Å². The first kappa shape index (κ1) is 12.5. The fourth-order valence-electron chi connectivity index (χ4n) is 2.38. The van der Waals surface area contributed by atoms with Gasteiger partial charge in [-0.25, -0.2) is 4.68 Å². The van der Waals surface area contributed by atoms with Crippen molar-refractivity contribution in [3.8, 4) is 16.9 Å². The summed E-state index contributed by atoms with van der Waals surface area (Å²) in [6.07, 6.45) is 0. The van der Waals surface area contributed by atoms with Crippen molar-refractivity contribution in [3.63, 3.8) is 0 Å². The molecule has 0 aliphatic carbocycles. The van der Waals surface area contributed by atoms with Crippen LogP contribution in [-0.2, 0) is 0 Å². The van der Waals surface area contributed by atoms with Crippen LogP contribution in [0.5, 0.6) is 0 Å². The minimum Gasteiger partial charge on any atom is -0.295 e. The Balaban J connectivity index is 2.22. The topological polar surface area (TPSA) is 66.5 Å². The molecule has 0 amide bonds. The third-order valence-electron chi connectivity index (χ3n) is 3.39. The second-order valence-electron chi connectivity index (χ2n) is 4.98. The van der Waals surface area contributed by atoms with Gasteiger partial charge in [0.2, 0.25) is 0 Å². The molecule has 0 atom stereocenters. The molecule has 20 heavy (non-hydrogen) atoms. The van der Waals surface area contributed by atoms with Gasteiger partial charge in [-0.3, -0.25) is 15.0 Å². The van der Waals surface area contributed by atoms with Crippen molar-refractivity contribution in [3.05, 3.63) is 57.6 Å². The lowest BCUT2D eigenvalue weighted by Crippen LogP contribution is -2.16. The number of aromatic nitrogens is 4. The van der Waals surface area contributed by atoms with E-state index in [1.165, 1.54) is 0 Å². The van der Waals surface area contributed by atoms with E-state index in [1.807, 2.05) is 51.1 Å². The van der Waals surface area contributed by atoms with Gasteiger partial charge in [0.15, 0.2) is 0 Å². The molecule has 0 spiro atoms. The number of nitrogens with one attached hydrogen (secondary N) is 2. The molecule has 2 heterocycles. The fourth-order valence-corrected chi connectivity index (χ4v) is 2.38. The van der Waals surface area contributed by atoms with Crippen LogP contribution in [0.3, 0.4) is 0 Å². The summed E-state index contributed by atoms with van der Waals surface area (Å²) in [5.74, 6) is 0. The first-order valence-corrected chi connectivity index (χ1v) is 6.48. The van der Waals surface area contributed by atoms with E-state index in [2.05, 4.69) is 15.3 Å². The van der Waals surface area contributed by atoms with Gasteiger partial charge in [0.1, 0.15) is 0 Å². The molecule has 2 N–H and O–H groups in total. The number of aryl methyl sites for hydroxylation is 3. The van der Waals surface area contributed by atoms with E-state index in [4.69, 9.17) is 0 Å². The van der Waals surface area contributed by atoms with Gasteiger partial charge in [-0.05, 0) is 38.5 Å². The summed E-state index contributed by atoms with van der Waals surface area (Å²) in [6, 6.07) is 9.66. The first-order chi connectivity index (χ1) is 9.58. The van der Waals surface area contributed by atoms with E-state index in [1.54, 1.807) is 4.68 Å². The van der Waals surface area contributed by atoms with Gasteiger partial charge in [-0.15, -0.1) is 0 Å². The van der Waals surface area contributed by atoms with Gasteiger partial charge in [0, 0.05) is 11.4 Å². The Kier molecular flexibility index (Phi) is 2.82. The highest BCUT2D eigenvalue weighted by molar-refractivity contribution is 5.62. The largest absolute Gasteiger partial charge is 0.295 e. The average molecular weight is 268 g/mol. The number of rotatable bonds is 2. The van der Waals surface area contributed by atoms with Gasteiger partial charge in [-0.2, -0.15) is 5.10 Å². The Hall–Kier alpha value is -2.56. The molecule has 0 unspecified atom stereocenters. The van der Waals surface area contributed by atoms with E-state index in [0.29, 0.717) is 11.3 Å². The van der Waals surface area contributed by atoms with Crippen LogP contribution >= 0.6 is 0 Å². The third kappa shape index (κ3) is 1.87. The molecule has 0 bridgehead atoms. The minimum atomic E-state index is -0.0803. The Morgan fingerprint density at radius 1 is 1.15 bits per heavy atom. The lowest BCUT2D eigenvalue weighted by atomic mass is 10.2. The van der Waals surface area contributed by atoms with Gasteiger partial charge in [0.05, 0.1) is 16.9 Å². The smallest absolute Gasteiger partial charge is 0.281 e. The number of benzene rings is 1. The molecule has 0 saturated heterocycles. The molecule has 0 radical (unpaired) electrons. The Bertz CT molecular complexity index is 823. The lowest BCUT2D eigenvalue weighted by molar-refractivity contribution is 0.829. The number of hydrogen-bond acceptors (Lipinski definition) is 2. The molecule has 102 valence electrons. The van der Waals surface area contributed by atoms with Crippen molar-refractivity contribution in [1.82, 2.24) is 20.0 Å². The molecule has 0 aliphatic rings. The lowest BCUT2D eigenvalue weighted by Gasteiger charge is -2.04. The molecular weight excluding hydrogens is 252 g/mol. The number of para-hydroxylation sites is 1. The monoisotopic (exact) mass is 268 g/mol. The van der Waals surface area contributed by atoms with Gasteiger partial charge < -0.3 is 0 Å². The quantitative estimate of drug-likeness (QED) is 0.749. The molecule has 0 aliphatic heterocycles. The molecule has 1 aromatic carbocycles. The zero-order valence-corrected chi connectivity index (χ0v) is 11.7. The minimum absolute atomic E-state index is 0.0803. The zero-order chi connectivity index (χ0) is 14.3. The second-order valence-corrected chi connectivity index (χ2v) is 4.98. The third-order valence-corrected chi connectivity index (χ3v) is 3.39. The number of hydrogen-bond donors (Lipinski definition) is 2. The SMILES string of the molecule is Cc1cc(-c2c(C)[nH]n(-c3ccccc3C)c2=O)n[nH]1. The predicted molar refractivity (Wildman–Crippen MR) is 78.2 cm³/mol. The molecule has 5 nitrogen and oxygen atoms in total. The van der Waals surface area contributed by atoms with Crippen molar-refractivity contribution in [1.29, 1.82) is 0 Å². The maximum absolute atomic E-state index is 12.6. The van der Waals surface area contributed by atoms with Crippen LogP contribution in [-0.4, -0.2) is 20.0 Å². The standard InChI is InChI=1S/C15H16N4O/c1-9-6-4-5-7-13(9)19-15(20)14(11(3)18-19)12-8-10(2)16-17-12/h4-8,18H,1-3H3,(H,16,17). The zero-order valence-electron chi connectivity index (χ0n) is 11.7. The molecular formula is C15H16N4O. The van der Waals surface area contributed by atoms with Crippen molar-refractivity contribution in [2.24, 2.45) is 0 Å². The molecule has 2 aromatic heterocycles. The molecule has 0 fully saturated rings. The summed E-state index contributed by atoms with van der Waals surface area (Å²) in [5, 5.41) is 10.2. The van der Waals surface area contributed by atoms with Gasteiger partial charge in [0.25, 0.3) is 5.56 Å². The van der Waals surface area contributed by atoms with Crippen molar-refractivity contribution in [2.75, 3.05) is 0 Å². The summed E-state index contributed by atoms with van der Waals surface area (Å²) >= 11 is 0.